The molecule has 1 aromatic carbocycles. The lowest BCUT2D eigenvalue weighted by molar-refractivity contribution is -0.154. The van der Waals surface area contributed by atoms with E-state index < -0.39 is 5.54 Å². The van der Waals surface area contributed by atoms with Gasteiger partial charge in [-0.1, -0.05) is 24.6 Å². The van der Waals surface area contributed by atoms with Gasteiger partial charge >= 0.3 is 5.97 Å². The number of anilines is 1. The molecule has 1 fully saturated rings. The zero-order chi connectivity index (χ0) is 15.3. The molecule has 21 heavy (non-hydrogen) atoms. The predicted molar refractivity (Wildman–Crippen MR) is 83.4 cm³/mol. The molecule has 0 amide bonds. The van der Waals surface area contributed by atoms with E-state index in [9.17, 15) is 4.79 Å². The van der Waals surface area contributed by atoms with Gasteiger partial charge in [0.2, 0.25) is 0 Å². The van der Waals surface area contributed by atoms with Crippen molar-refractivity contribution in [3.63, 3.8) is 0 Å². The first-order valence-electron chi connectivity index (χ1n) is 7.73. The van der Waals surface area contributed by atoms with Gasteiger partial charge < -0.3 is 14.8 Å². The Hall–Kier alpha value is -1.55. The molecule has 1 aliphatic heterocycles. The molecule has 1 heterocycles. The van der Waals surface area contributed by atoms with Crippen LogP contribution in [0.3, 0.4) is 0 Å². The predicted octanol–water partition coefficient (Wildman–Crippen LogP) is 3.30. The van der Waals surface area contributed by atoms with Gasteiger partial charge in [-0.25, -0.2) is 4.79 Å². The van der Waals surface area contributed by atoms with Gasteiger partial charge in [0, 0.05) is 25.1 Å². The SMILES string of the molecule is CCOC(=O)C1(Nc2ccc(C)cc2)CCOC(CC)C1. The summed E-state index contributed by atoms with van der Waals surface area (Å²) in [7, 11) is 0. The van der Waals surface area contributed by atoms with Gasteiger partial charge in [0.25, 0.3) is 0 Å². The van der Waals surface area contributed by atoms with Gasteiger partial charge in [0.15, 0.2) is 0 Å². The third-order valence-corrected chi connectivity index (χ3v) is 4.02. The summed E-state index contributed by atoms with van der Waals surface area (Å²) in [5.74, 6) is -0.174. The monoisotopic (exact) mass is 291 g/mol. The van der Waals surface area contributed by atoms with Crippen molar-refractivity contribution in [2.75, 3.05) is 18.5 Å². The Morgan fingerprint density at radius 2 is 2.10 bits per heavy atom. The number of aryl methyl sites for hydroxylation is 1. The summed E-state index contributed by atoms with van der Waals surface area (Å²) in [6.07, 6.45) is 2.28. The molecule has 2 rings (SSSR count). The number of hydrogen-bond donors (Lipinski definition) is 1. The van der Waals surface area contributed by atoms with Crippen LogP contribution in [0.25, 0.3) is 0 Å². The van der Waals surface area contributed by atoms with E-state index in [1.165, 1.54) is 5.56 Å². The Morgan fingerprint density at radius 1 is 1.38 bits per heavy atom. The standard InChI is InChI=1S/C17H25NO3/c1-4-15-12-17(10-11-21-15,16(19)20-5-2)18-14-8-6-13(3)7-9-14/h6-9,15,18H,4-5,10-12H2,1-3H3. The number of carbonyl (C=O) groups excluding carboxylic acids is 1. The fourth-order valence-electron chi connectivity index (χ4n) is 2.74. The van der Waals surface area contributed by atoms with Crippen LogP contribution in [0.2, 0.25) is 0 Å². The molecule has 1 aromatic rings. The summed E-state index contributed by atoms with van der Waals surface area (Å²) in [5.41, 5.74) is 1.47. The molecule has 0 aromatic heterocycles. The number of benzene rings is 1. The van der Waals surface area contributed by atoms with E-state index >= 15 is 0 Å². The third-order valence-electron chi connectivity index (χ3n) is 4.02. The maximum Gasteiger partial charge on any atom is 0.331 e. The maximum absolute atomic E-state index is 12.5. The van der Waals surface area contributed by atoms with Crippen molar-refractivity contribution < 1.29 is 14.3 Å². The van der Waals surface area contributed by atoms with E-state index in [0.717, 1.165) is 12.1 Å². The average molecular weight is 291 g/mol. The normalized spacial score (nSPS) is 25.4. The van der Waals surface area contributed by atoms with Crippen LogP contribution in [-0.4, -0.2) is 30.8 Å². The quantitative estimate of drug-likeness (QED) is 0.846. The lowest BCUT2D eigenvalue weighted by Crippen LogP contribution is -2.53. The maximum atomic E-state index is 12.5. The summed E-state index contributed by atoms with van der Waals surface area (Å²) >= 11 is 0. The molecule has 116 valence electrons. The summed E-state index contributed by atoms with van der Waals surface area (Å²) in [5, 5.41) is 3.42. The van der Waals surface area contributed by atoms with Crippen molar-refractivity contribution in [1.29, 1.82) is 0 Å². The van der Waals surface area contributed by atoms with Crippen molar-refractivity contribution >= 4 is 11.7 Å². The van der Waals surface area contributed by atoms with Crippen LogP contribution < -0.4 is 5.32 Å². The molecule has 0 bridgehead atoms. The second kappa shape index (κ2) is 6.94. The highest BCUT2D eigenvalue weighted by Crippen LogP contribution is 2.31. The first-order valence-corrected chi connectivity index (χ1v) is 7.73. The fourth-order valence-corrected chi connectivity index (χ4v) is 2.74. The van der Waals surface area contributed by atoms with Gasteiger partial charge in [-0.2, -0.15) is 0 Å². The Labute approximate surface area is 126 Å². The van der Waals surface area contributed by atoms with Gasteiger partial charge in [-0.15, -0.1) is 0 Å². The number of rotatable bonds is 5. The molecule has 1 saturated heterocycles. The summed E-state index contributed by atoms with van der Waals surface area (Å²) in [4.78, 5) is 12.5. The van der Waals surface area contributed by atoms with Crippen molar-refractivity contribution in [1.82, 2.24) is 0 Å². The Balaban J connectivity index is 2.22. The molecule has 4 nitrogen and oxygen atoms in total. The van der Waals surface area contributed by atoms with E-state index in [2.05, 4.69) is 12.2 Å². The largest absolute Gasteiger partial charge is 0.464 e. The van der Waals surface area contributed by atoms with E-state index in [1.807, 2.05) is 38.1 Å². The van der Waals surface area contributed by atoms with Crippen LogP contribution in [0.1, 0.15) is 38.7 Å². The zero-order valence-electron chi connectivity index (χ0n) is 13.1. The molecule has 1 N–H and O–H groups in total. The molecule has 4 heteroatoms. The smallest absolute Gasteiger partial charge is 0.331 e. The van der Waals surface area contributed by atoms with Crippen molar-refractivity contribution in [3.8, 4) is 0 Å². The first-order chi connectivity index (χ1) is 10.1. The summed E-state index contributed by atoms with van der Waals surface area (Å²) < 4.78 is 11.0. The average Bonchev–Trinajstić information content (AvgIpc) is 2.50. The summed E-state index contributed by atoms with van der Waals surface area (Å²) in [6, 6.07) is 8.09. The second-order valence-corrected chi connectivity index (χ2v) is 5.65. The van der Waals surface area contributed by atoms with Crippen LogP contribution in [-0.2, 0) is 14.3 Å². The minimum Gasteiger partial charge on any atom is -0.464 e. The van der Waals surface area contributed by atoms with E-state index in [-0.39, 0.29) is 12.1 Å². The molecular formula is C17H25NO3. The van der Waals surface area contributed by atoms with Crippen molar-refractivity contribution in [2.24, 2.45) is 0 Å². The molecule has 0 spiro atoms. The molecule has 2 unspecified atom stereocenters. The second-order valence-electron chi connectivity index (χ2n) is 5.65. The van der Waals surface area contributed by atoms with Crippen LogP contribution in [0.4, 0.5) is 5.69 Å². The van der Waals surface area contributed by atoms with Gasteiger partial charge in [0.1, 0.15) is 5.54 Å². The van der Waals surface area contributed by atoms with E-state index in [0.29, 0.717) is 26.1 Å². The van der Waals surface area contributed by atoms with Gasteiger partial charge in [-0.3, -0.25) is 0 Å². The van der Waals surface area contributed by atoms with E-state index in [1.54, 1.807) is 0 Å². The third kappa shape index (κ3) is 3.76. The zero-order valence-corrected chi connectivity index (χ0v) is 13.1. The van der Waals surface area contributed by atoms with E-state index in [4.69, 9.17) is 9.47 Å². The number of nitrogens with one attached hydrogen (secondary N) is 1. The molecule has 1 aliphatic rings. The molecule has 0 aliphatic carbocycles. The Bertz CT molecular complexity index is 471. The minimum atomic E-state index is -0.676. The number of esters is 1. The fraction of sp³-hybridized carbons (Fsp3) is 0.588. The minimum absolute atomic E-state index is 0.0982. The molecule has 0 saturated carbocycles. The summed E-state index contributed by atoms with van der Waals surface area (Å²) in [6.45, 7) is 6.95. The molecular weight excluding hydrogens is 266 g/mol. The number of ether oxygens (including phenoxy) is 2. The first kappa shape index (κ1) is 15.8. The Morgan fingerprint density at radius 3 is 2.71 bits per heavy atom. The Kier molecular flexibility index (Phi) is 5.23. The van der Waals surface area contributed by atoms with Crippen LogP contribution in [0.5, 0.6) is 0 Å². The lowest BCUT2D eigenvalue weighted by Gasteiger charge is -2.39. The topological polar surface area (TPSA) is 47.6 Å². The van der Waals surface area contributed by atoms with Crippen LogP contribution >= 0.6 is 0 Å². The van der Waals surface area contributed by atoms with Gasteiger partial charge in [-0.05, 0) is 32.4 Å². The van der Waals surface area contributed by atoms with Gasteiger partial charge in [0.05, 0.1) is 12.7 Å². The lowest BCUT2D eigenvalue weighted by atomic mass is 9.85. The van der Waals surface area contributed by atoms with Crippen molar-refractivity contribution in [2.45, 2.75) is 51.7 Å². The van der Waals surface area contributed by atoms with Crippen molar-refractivity contribution in [3.05, 3.63) is 29.8 Å². The van der Waals surface area contributed by atoms with Crippen LogP contribution in [0, 0.1) is 6.92 Å². The number of hydrogen-bond acceptors (Lipinski definition) is 4. The van der Waals surface area contributed by atoms with Crippen LogP contribution in [0.15, 0.2) is 24.3 Å². The molecule has 0 radical (unpaired) electrons. The highest BCUT2D eigenvalue weighted by molar-refractivity contribution is 5.85. The molecule has 2 atom stereocenters. The highest BCUT2D eigenvalue weighted by atomic mass is 16.5. The number of carbonyl (C=O) groups is 1. The highest BCUT2D eigenvalue weighted by Gasteiger charge is 2.44.